The van der Waals surface area contributed by atoms with Gasteiger partial charge in [0.1, 0.15) is 22.3 Å². The van der Waals surface area contributed by atoms with Gasteiger partial charge in [-0.2, -0.15) is 26.3 Å². The number of hydrogen-bond donors (Lipinski definition) is 3. The summed E-state index contributed by atoms with van der Waals surface area (Å²) in [5.41, 5.74) is 7.71. The number of benzene rings is 1. The summed E-state index contributed by atoms with van der Waals surface area (Å²) in [4.78, 5) is 26.3. The molecule has 4 rings (SSSR count). The van der Waals surface area contributed by atoms with E-state index in [1.165, 1.54) is 0 Å². The number of nitrogens with zero attached hydrogens (tertiary/aromatic N) is 3. The number of aromatic nitrogens is 3. The van der Waals surface area contributed by atoms with Gasteiger partial charge in [0.15, 0.2) is 11.6 Å². The smallest absolute Gasteiger partial charge is 0.475 e. The number of imidazole rings is 1. The molecule has 2 atom stereocenters. The number of halogens is 10. The molecule has 0 aliphatic carbocycles. The van der Waals surface area contributed by atoms with Crippen molar-refractivity contribution in [1.82, 2.24) is 14.5 Å². The van der Waals surface area contributed by atoms with E-state index in [2.05, 4.69) is 9.97 Å². The Labute approximate surface area is 210 Å². The highest BCUT2D eigenvalue weighted by Gasteiger charge is 2.39. The number of hydrogen-bond acceptors (Lipinski definition) is 5. The van der Waals surface area contributed by atoms with Crippen LogP contribution in [0.1, 0.15) is 17.3 Å². The number of carboxylic acids is 2. The van der Waals surface area contributed by atoms with Crippen molar-refractivity contribution in [3.63, 3.8) is 0 Å². The number of carboxylic acid groups (broad SMARTS) is 2. The molecule has 38 heavy (non-hydrogen) atoms. The van der Waals surface area contributed by atoms with E-state index < -0.39 is 53.7 Å². The van der Waals surface area contributed by atoms with Gasteiger partial charge in [0, 0.05) is 37.1 Å². The van der Waals surface area contributed by atoms with Crippen LogP contribution in [0.4, 0.5) is 39.5 Å². The van der Waals surface area contributed by atoms with Crippen LogP contribution in [0.2, 0.25) is 5.15 Å². The molecule has 0 saturated carbocycles. The molecule has 208 valence electrons. The summed E-state index contributed by atoms with van der Waals surface area (Å²) in [6.45, 7) is 0.370. The lowest BCUT2D eigenvalue weighted by atomic mass is 9.86. The minimum absolute atomic E-state index is 0.0656. The van der Waals surface area contributed by atoms with Crippen LogP contribution in [0.3, 0.4) is 0 Å². The molecule has 4 N–H and O–H groups in total. The van der Waals surface area contributed by atoms with E-state index in [-0.39, 0.29) is 5.56 Å². The zero-order valence-corrected chi connectivity index (χ0v) is 19.0. The molecule has 0 saturated heterocycles. The fraction of sp³-hybridized carbons (Fsp3) is 0.300. The number of aliphatic carboxylic acids is 2. The first kappa shape index (κ1) is 30.6. The zero-order valence-electron chi connectivity index (χ0n) is 18.3. The van der Waals surface area contributed by atoms with Gasteiger partial charge in [-0.25, -0.2) is 32.7 Å². The molecule has 0 bridgehead atoms. The van der Waals surface area contributed by atoms with E-state index in [4.69, 9.17) is 37.1 Å². The molecule has 0 amide bonds. The third-order valence-electron chi connectivity index (χ3n) is 4.92. The van der Waals surface area contributed by atoms with Gasteiger partial charge in [0.05, 0.1) is 11.7 Å². The molecular formula is C20H14ClF9N4O4. The van der Waals surface area contributed by atoms with E-state index in [0.717, 1.165) is 11.6 Å². The molecule has 1 aromatic carbocycles. The first-order valence-corrected chi connectivity index (χ1v) is 10.2. The van der Waals surface area contributed by atoms with Crippen molar-refractivity contribution in [2.45, 2.75) is 37.3 Å². The molecule has 1 aliphatic heterocycles. The molecule has 0 spiro atoms. The van der Waals surface area contributed by atoms with Gasteiger partial charge >= 0.3 is 24.3 Å². The van der Waals surface area contributed by atoms with Crippen LogP contribution in [-0.2, 0) is 22.6 Å². The Balaban J connectivity index is 0.000000301. The molecule has 3 heterocycles. The topological polar surface area (TPSA) is 131 Å². The first-order valence-electron chi connectivity index (χ1n) is 9.83. The van der Waals surface area contributed by atoms with Crippen LogP contribution in [0.25, 0.3) is 11.0 Å². The lowest BCUT2D eigenvalue weighted by Crippen LogP contribution is -2.39. The van der Waals surface area contributed by atoms with Crippen molar-refractivity contribution in [1.29, 1.82) is 0 Å². The Morgan fingerprint density at radius 3 is 1.95 bits per heavy atom. The average molecular weight is 581 g/mol. The van der Waals surface area contributed by atoms with Gasteiger partial charge in [-0.05, 0) is 11.6 Å². The van der Waals surface area contributed by atoms with E-state index >= 15 is 0 Å². The molecule has 18 heteroatoms. The predicted octanol–water partition coefficient (Wildman–Crippen LogP) is 4.44. The third-order valence-corrected chi connectivity index (χ3v) is 5.12. The lowest BCUT2D eigenvalue weighted by Gasteiger charge is -2.30. The van der Waals surface area contributed by atoms with Crippen molar-refractivity contribution in [3.05, 3.63) is 58.4 Å². The summed E-state index contributed by atoms with van der Waals surface area (Å²) in [5.74, 6) is -8.43. The fourth-order valence-corrected chi connectivity index (χ4v) is 3.41. The molecule has 0 fully saturated rings. The number of nitrogens with two attached hydrogens (primary N) is 1. The number of rotatable bonds is 1. The Hall–Kier alpha value is -3.60. The van der Waals surface area contributed by atoms with Crippen molar-refractivity contribution in [3.8, 4) is 0 Å². The third kappa shape index (κ3) is 7.47. The SMILES string of the molecule is N[C@H]1Cn2c(nc3cnc(Cl)cc32)C[C@@H]1c1cc(F)c(F)cc1F.O=C(O)C(F)(F)F.O=C(O)C(F)(F)F. The van der Waals surface area contributed by atoms with Crippen molar-refractivity contribution >= 4 is 34.6 Å². The average Bonchev–Trinajstić information content (AvgIpc) is 3.12. The van der Waals surface area contributed by atoms with Gasteiger partial charge in [-0.3, -0.25) is 0 Å². The summed E-state index contributed by atoms with van der Waals surface area (Å²) in [5, 5.41) is 14.6. The van der Waals surface area contributed by atoms with Crippen molar-refractivity contribution in [2.75, 3.05) is 0 Å². The lowest BCUT2D eigenvalue weighted by molar-refractivity contribution is -0.193. The van der Waals surface area contributed by atoms with Gasteiger partial charge in [0.2, 0.25) is 0 Å². The van der Waals surface area contributed by atoms with Gasteiger partial charge in [0.25, 0.3) is 0 Å². The highest BCUT2D eigenvalue weighted by molar-refractivity contribution is 6.29. The Kier molecular flexibility index (Phi) is 9.21. The minimum atomic E-state index is -5.08. The molecule has 0 unspecified atom stereocenters. The maximum atomic E-state index is 14.1. The van der Waals surface area contributed by atoms with Crippen LogP contribution in [-0.4, -0.2) is 55.1 Å². The fourth-order valence-electron chi connectivity index (χ4n) is 3.26. The zero-order chi connectivity index (χ0) is 29.2. The van der Waals surface area contributed by atoms with Crippen LogP contribution in [0, 0.1) is 17.5 Å². The maximum absolute atomic E-state index is 14.1. The molecular weight excluding hydrogens is 567 g/mol. The van der Waals surface area contributed by atoms with E-state index in [1.807, 2.05) is 4.57 Å². The summed E-state index contributed by atoms with van der Waals surface area (Å²) >= 11 is 5.92. The Morgan fingerprint density at radius 1 is 0.947 bits per heavy atom. The minimum Gasteiger partial charge on any atom is -0.475 e. The second-order valence-electron chi connectivity index (χ2n) is 7.50. The predicted molar refractivity (Wildman–Crippen MR) is 111 cm³/mol. The van der Waals surface area contributed by atoms with Crippen molar-refractivity contribution in [2.24, 2.45) is 5.73 Å². The van der Waals surface area contributed by atoms with E-state index in [0.29, 0.717) is 35.5 Å². The Morgan fingerprint density at radius 2 is 1.45 bits per heavy atom. The molecule has 0 radical (unpaired) electrons. The highest BCUT2D eigenvalue weighted by Crippen LogP contribution is 2.33. The molecule has 2 aromatic heterocycles. The monoisotopic (exact) mass is 580 g/mol. The van der Waals surface area contributed by atoms with Crippen molar-refractivity contribution < 1.29 is 59.3 Å². The first-order chi connectivity index (χ1) is 17.3. The standard InChI is InChI=1S/C16H12ClF3N4.2C2HF3O2/c17-15-4-14-13(5-22-15)23-16-2-8(12(21)6-24(14)16)7-1-10(19)11(20)3-9(7)18;2*3-2(4,5)1(6)7/h1,3-5,8,12H,2,6,21H2;2*(H,6,7)/t8-,12+;;/m1../s1. The highest BCUT2D eigenvalue weighted by atomic mass is 35.5. The Bertz CT molecular complexity index is 1320. The second-order valence-corrected chi connectivity index (χ2v) is 7.89. The number of carbonyl (C=O) groups is 2. The van der Waals surface area contributed by atoms with Crippen LogP contribution in [0.5, 0.6) is 0 Å². The quantitative estimate of drug-likeness (QED) is 0.220. The number of pyridine rings is 1. The number of alkyl halides is 6. The molecule has 1 aliphatic rings. The van der Waals surface area contributed by atoms with Crippen LogP contribution < -0.4 is 5.73 Å². The summed E-state index contributed by atoms with van der Waals surface area (Å²) < 4.78 is 106. The second kappa shape index (κ2) is 11.4. The summed E-state index contributed by atoms with van der Waals surface area (Å²) in [7, 11) is 0. The van der Waals surface area contributed by atoms with Crippen LogP contribution >= 0.6 is 11.6 Å². The molecule has 3 aromatic rings. The largest absolute Gasteiger partial charge is 0.490 e. The van der Waals surface area contributed by atoms with Gasteiger partial charge in [-0.1, -0.05) is 11.6 Å². The van der Waals surface area contributed by atoms with E-state index in [9.17, 15) is 39.5 Å². The van der Waals surface area contributed by atoms with Crippen LogP contribution in [0.15, 0.2) is 24.4 Å². The summed E-state index contributed by atoms with van der Waals surface area (Å²) in [6, 6.07) is 2.66. The summed E-state index contributed by atoms with van der Waals surface area (Å²) in [6.07, 6.45) is -8.29. The normalized spacial score (nSPS) is 17.0. The molecule has 8 nitrogen and oxygen atoms in total. The number of fused-ring (bicyclic) bond motifs is 3. The van der Waals surface area contributed by atoms with Gasteiger partial charge in [-0.15, -0.1) is 0 Å². The van der Waals surface area contributed by atoms with Gasteiger partial charge < -0.3 is 20.5 Å². The van der Waals surface area contributed by atoms with E-state index in [1.54, 1.807) is 12.3 Å². The maximum Gasteiger partial charge on any atom is 0.490 e.